The Labute approximate surface area is 231 Å². The molecule has 3 N–H and O–H groups in total. The van der Waals surface area contributed by atoms with Crippen LogP contribution >= 0.6 is 0 Å². The first kappa shape index (κ1) is 25.9. The fourth-order valence-electron chi connectivity index (χ4n) is 5.55. The van der Waals surface area contributed by atoms with E-state index in [2.05, 4.69) is 0 Å². The van der Waals surface area contributed by atoms with Crippen LogP contribution in [0.1, 0.15) is 11.5 Å². The van der Waals surface area contributed by atoms with E-state index < -0.39 is 16.6 Å². The van der Waals surface area contributed by atoms with Crippen molar-refractivity contribution >= 4 is 43.5 Å². The van der Waals surface area contributed by atoms with Crippen LogP contribution in [-0.2, 0) is 0 Å². The highest BCUT2D eigenvalue weighted by Gasteiger charge is 2.28. The van der Waals surface area contributed by atoms with Gasteiger partial charge in [0.25, 0.3) is 0 Å². The lowest BCUT2D eigenvalue weighted by Crippen LogP contribution is -2.03. The molecule has 6 aromatic rings. The van der Waals surface area contributed by atoms with Gasteiger partial charge in [0, 0.05) is 46.2 Å². The molecule has 10 nitrogen and oxygen atoms in total. The van der Waals surface area contributed by atoms with Gasteiger partial charge in [-0.3, -0.25) is 9.59 Å². The van der Waals surface area contributed by atoms with Crippen LogP contribution in [0, 0.1) is 13.8 Å². The summed E-state index contributed by atoms with van der Waals surface area (Å²) in [6.07, 6.45) is 0. The van der Waals surface area contributed by atoms with Crippen molar-refractivity contribution in [2.45, 2.75) is 13.8 Å². The summed E-state index contributed by atoms with van der Waals surface area (Å²) in [5.41, 5.74) is -0.0134. The maximum Gasteiger partial charge on any atom is 0.196 e. The van der Waals surface area contributed by atoms with E-state index in [1.54, 1.807) is 26.0 Å². The molecule has 0 radical (unpaired) electrons. The lowest BCUT2D eigenvalue weighted by Gasteiger charge is -2.21. The van der Waals surface area contributed by atoms with E-state index in [0.29, 0.717) is 28.0 Å². The number of aromatic hydroxyl groups is 3. The van der Waals surface area contributed by atoms with Crippen LogP contribution in [0.3, 0.4) is 0 Å². The molecule has 0 unspecified atom stereocenters. The lowest BCUT2D eigenvalue weighted by atomic mass is 9.89. The minimum Gasteiger partial charge on any atom is -0.507 e. The number of ether oxygens (including phenoxy) is 3. The number of hydrogen-bond donors (Lipinski definition) is 3. The van der Waals surface area contributed by atoms with Crippen molar-refractivity contribution in [3.8, 4) is 45.6 Å². The van der Waals surface area contributed by atoms with Gasteiger partial charge < -0.3 is 38.4 Å². The molecule has 41 heavy (non-hydrogen) atoms. The second-order valence-electron chi connectivity index (χ2n) is 9.61. The van der Waals surface area contributed by atoms with E-state index in [1.165, 1.54) is 45.6 Å². The first-order chi connectivity index (χ1) is 19.6. The van der Waals surface area contributed by atoms with Gasteiger partial charge in [0.2, 0.25) is 0 Å². The number of methoxy groups -OCH3 is 3. The van der Waals surface area contributed by atoms with Gasteiger partial charge in [0.1, 0.15) is 68.0 Å². The normalized spacial score (nSPS) is 11.5. The molecular formula is C31H24O10. The third-order valence-corrected chi connectivity index (χ3v) is 7.21. The van der Waals surface area contributed by atoms with E-state index in [1.807, 2.05) is 0 Å². The van der Waals surface area contributed by atoms with Crippen LogP contribution in [0.4, 0.5) is 0 Å². The quantitative estimate of drug-likeness (QED) is 0.233. The third kappa shape index (κ3) is 3.64. The molecule has 0 saturated carbocycles. The van der Waals surface area contributed by atoms with Crippen LogP contribution < -0.4 is 25.1 Å². The first-order valence-corrected chi connectivity index (χ1v) is 12.4. The number of phenolic OH excluding ortho intramolecular Hbond substituents is 3. The van der Waals surface area contributed by atoms with Gasteiger partial charge in [-0.05, 0) is 26.0 Å². The van der Waals surface area contributed by atoms with Crippen LogP contribution in [0.25, 0.3) is 54.6 Å². The zero-order valence-corrected chi connectivity index (χ0v) is 22.7. The molecule has 0 fully saturated rings. The van der Waals surface area contributed by atoms with Gasteiger partial charge in [-0.1, -0.05) is 0 Å². The fraction of sp³-hybridized carbons (Fsp3) is 0.161. The molecule has 0 saturated heterocycles. The molecule has 0 spiro atoms. The molecule has 2 heterocycles. The largest absolute Gasteiger partial charge is 0.507 e. The van der Waals surface area contributed by atoms with Crippen molar-refractivity contribution in [2.75, 3.05) is 21.3 Å². The van der Waals surface area contributed by atoms with Crippen LogP contribution in [0.5, 0.6) is 34.5 Å². The molecule has 0 aliphatic heterocycles. The highest BCUT2D eigenvalue weighted by atomic mass is 16.5. The molecule has 0 aliphatic carbocycles. The lowest BCUT2D eigenvalue weighted by molar-refractivity contribution is 0.396. The molecular weight excluding hydrogens is 532 g/mol. The molecule has 208 valence electrons. The summed E-state index contributed by atoms with van der Waals surface area (Å²) in [5, 5.41) is 34.3. The van der Waals surface area contributed by atoms with Gasteiger partial charge in [0.15, 0.2) is 10.9 Å². The summed E-state index contributed by atoms with van der Waals surface area (Å²) in [7, 11) is 4.27. The Bertz CT molecular complexity index is 2210. The summed E-state index contributed by atoms with van der Waals surface area (Å²) in [5.74, 6) is 0.167. The molecule has 0 bridgehead atoms. The van der Waals surface area contributed by atoms with E-state index >= 15 is 0 Å². The number of hydrogen-bond acceptors (Lipinski definition) is 10. The molecule has 6 rings (SSSR count). The highest BCUT2D eigenvalue weighted by molar-refractivity contribution is 6.19. The predicted octanol–water partition coefficient (Wildman–Crippen LogP) is 5.63. The van der Waals surface area contributed by atoms with Crippen LogP contribution in [0.2, 0.25) is 0 Å². The SMILES string of the molecule is COc1cc(O)c2c(O)c3c(=O)cc(C)oc3cc2c1-c1c(OC)cc(OC)c2c(O)c3c(=O)cc(C)oc3cc12. The smallest absolute Gasteiger partial charge is 0.196 e. The van der Waals surface area contributed by atoms with Gasteiger partial charge in [-0.25, -0.2) is 0 Å². The zero-order valence-electron chi connectivity index (χ0n) is 22.7. The Balaban J connectivity index is 1.92. The highest BCUT2D eigenvalue weighted by Crippen LogP contribution is 2.54. The van der Waals surface area contributed by atoms with Gasteiger partial charge in [-0.2, -0.15) is 0 Å². The number of rotatable bonds is 4. The van der Waals surface area contributed by atoms with E-state index in [-0.39, 0.29) is 66.8 Å². The van der Waals surface area contributed by atoms with Crippen molar-refractivity contribution < 1.29 is 38.4 Å². The summed E-state index contributed by atoms with van der Waals surface area (Å²) < 4.78 is 28.7. The first-order valence-electron chi connectivity index (χ1n) is 12.4. The Hall–Kier alpha value is -5.38. The minimum absolute atomic E-state index is 0.0251. The Morgan fingerprint density at radius 3 is 1.49 bits per heavy atom. The average Bonchev–Trinajstić information content (AvgIpc) is 2.91. The molecule has 0 aliphatic rings. The Morgan fingerprint density at radius 2 is 1.00 bits per heavy atom. The number of phenols is 3. The second kappa shape index (κ2) is 9.09. The number of aryl methyl sites for hydroxylation is 2. The minimum atomic E-state index is -0.478. The molecule has 10 heteroatoms. The van der Waals surface area contributed by atoms with Crippen molar-refractivity contribution in [3.05, 3.63) is 68.4 Å². The monoisotopic (exact) mass is 556 g/mol. The zero-order chi connectivity index (χ0) is 29.3. The summed E-state index contributed by atoms with van der Waals surface area (Å²) >= 11 is 0. The summed E-state index contributed by atoms with van der Waals surface area (Å²) in [6, 6.07) is 8.49. The predicted molar refractivity (Wildman–Crippen MR) is 153 cm³/mol. The number of benzene rings is 4. The Kier molecular flexibility index (Phi) is 5.74. The molecule has 4 aromatic carbocycles. The maximum atomic E-state index is 12.9. The van der Waals surface area contributed by atoms with Crippen molar-refractivity contribution in [2.24, 2.45) is 0 Å². The van der Waals surface area contributed by atoms with Gasteiger partial charge >= 0.3 is 0 Å². The molecule has 0 atom stereocenters. The van der Waals surface area contributed by atoms with Crippen LogP contribution in [0.15, 0.2) is 54.8 Å². The topological polar surface area (TPSA) is 149 Å². The summed E-state index contributed by atoms with van der Waals surface area (Å²) in [4.78, 5) is 25.7. The fourth-order valence-corrected chi connectivity index (χ4v) is 5.55. The molecule has 0 amide bonds. The maximum absolute atomic E-state index is 12.9. The summed E-state index contributed by atoms with van der Waals surface area (Å²) in [6.45, 7) is 3.23. The van der Waals surface area contributed by atoms with E-state index in [0.717, 1.165) is 0 Å². The third-order valence-electron chi connectivity index (χ3n) is 7.21. The van der Waals surface area contributed by atoms with E-state index in [4.69, 9.17) is 23.0 Å². The standard InChI is InChI=1S/C31H24O10/c1-12-6-16(32)28-22(40-12)8-14-24(30(28)35)18(34)10-19(37-3)25(14)26-15-9-23-29(17(33)7-13(2)41-23)31(36)27(15)21(39-5)11-20(26)38-4/h6-11,34-36H,1-5H3. The molecule has 2 aromatic heterocycles. The van der Waals surface area contributed by atoms with Crippen molar-refractivity contribution in [3.63, 3.8) is 0 Å². The average molecular weight is 557 g/mol. The van der Waals surface area contributed by atoms with E-state index in [9.17, 15) is 24.9 Å². The number of fused-ring (bicyclic) bond motifs is 4. The van der Waals surface area contributed by atoms with Crippen LogP contribution in [-0.4, -0.2) is 36.6 Å². The van der Waals surface area contributed by atoms with Gasteiger partial charge in [0.05, 0.1) is 32.1 Å². The second-order valence-corrected chi connectivity index (χ2v) is 9.61. The van der Waals surface area contributed by atoms with Gasteiger partial charge in [-0.15, -0.1) is 0 Å². The van der Waals surface area contributed by atoms with Crippen molar-refractivity contribution in [1.82, 2.24) is 0 Å². The van der Waals surface area contributed by atoms with Crippen molar-refractivity contribution in [1.29, 1.82) is 0 Å². The Morgan fingerprint density at radius 1 is 0.561 bits per heavy atom.